The van der Waals surface area contributed by atoms with Crippen LogP contribution in [-0.4, -0.2) is 31.7 Å². The summed E-state index contributed by atoms with van der Waals surface area (Å²) in [6.07, 6.45) is 3.78. The van der Waals surface area contributed by atoms with Gasteiger partial charge in [-0.1, -0.05) is 6.07 Å². The highest BCUT2D eigenvalue weighted by molar-refractivity contribution is 7.92. The van der Waals surface area contributed by atoms with Crippen LogP contribution in [0.4, 0.5) is 11.4 Å². The van der Waals surface area contributed by atoms with Gasteiger partial charge in [-0.25, -0.2) is 8.42 Å². The smallest absolute Gasteiger partial charge is 0.255 e. The van der Waals surface area contributed by atoms with Crippen LogP contribution < -0.4 is 9.62 Å². The molecular formula is C19H19N3O3S. The topological polar surface area (TPSA) is 71.4 Å². The SMILES string of the molecule is Cn1ccc2ccc(NC(=O)c3ccc4c(c3)CCN4S(C)(=O)=O)cc21. The molecule has 1 aliphatic heterocycles. The molecule has 1 N–H and O–H groups in total. The minimum atomic E-state index is -3.29. The zero-order chi connectivity index (χ0) is 18.5. The van der Waals surface area contributed by atoms with Crippen LogP contribution in [0.3, 0.4) is 0 Å². The maximum absolute atomic E-state index is 12.6. The van der Waals surface area contributed by atoms with Gasteiger partial charge in [-0.3, -0.25) is 9.10 Å². The van der Waals surface area contributed by atoms with Crippen molar-refractivity contribution in [3.8, 4) is 0 Å². The molecule has 1 aliphatic rings. The molecule has 0 spiro atoms. The van der Waals surface area contributed by atoms with Gasteiger partial charge in [0.2, 0.25) is 10.0 Å². The predicted octanol–water partition coefficient (Wildman–Crippen LogP) is 2.75. The first kappa shape index (κ1) is 16.7. The number of hydrogen-bond donors (Lipinski definition) is 1. The molecule has 0 unspecified atom stereocenters. The summed E-state index contributed by atoms with van der Waals surface area (Å²) in [5.41, 5.74) is 3.82. The molecule has 2 heterocycles. The van der Waals surface area contributed by atoms with Gasteiger partial charge in [-0.05, 0) is 53.8 Å². The summed E-state index contributed by atoms with van der Waals surface area (Å²) in [5.74, 6) is -0.209. The molecule has 0 fully saturated rings. The van der Waals surface area contributed by atoms with E-state index >= 15 is 0 Å². The predicted molar refractivity (Wildman–Crippen MR) is 103 cm³/mol. The molecule has 0 bridgehead atoms. The largest absolute Gasteiger partial charge is 0.350 e. The highest BCUT2D eigenvalue weighted by Gasteiger charge is 2.26. The molecule has 6 nitrogen and oxygen atoms in total. The van der Waals surface area contributed by atoms with Gasteiger partial charge in [-0.15, -0.1) is 0 Å². The van der Waals surface area contributed by atoms with Gasteiger partial charge in [0.25, 0.3) is 5.91 Å². The molecule has 7 heteroatoms. The summed E-state index contributed by atoms with van der Waals surface area (Å²) in [4.78, 5) is 12.6. The molecule has 1 aromatic heterocycles. The Kier molecular flexibility index (Phi) is 3.77. The fourth-order valence-electron chi connectivity index (χ4n) is 3.40. The fraction of sp³-hybridized carbons (Fsp3) is 0.211. The van der Waals surface area contributed by atoms with Crippen molar-refractivity contribution < 1.29 is 13.2 Å². The number of benzene rings is 2. The zero-order valence-electron chi connectivity index (χ0n) is 14.6. The molecule has 134 valence electrons. The number of fused-ring (bicyclic) bond motifs is 2. The Labute approximate surface area is 152 Å². The number of carbonyl (C=O) groups is 1. The van der Waals surface area contributed by atoms with Crippen molar-refractivity contribution in [1.29, 1.82) is 0 Å². The number of nitrogens with one attached hydrogen (secondary N) is 1. The number of amides is 1. The third kappa shape index (κ3) is 2.84. The lowest BCUT2D eigenvalue weighted by molar-refractivity contribution is 0.102. The molecule has 0 aliphatic carbocycles. The van der Waals surface area contributed by atoms with E-state index < -0.39 is 10.0 Å². The third-order valence-electron chi connectivity index (χ3n) is 4.74. The first-order valence-corrected chi connectivity index (χ1v) is 10.1. The van der Waals surface area contributed by atoms with Crippen LogP contribution in [0.25, 0.3) is 10.9 Å². The van der Waals surface area contributed by atoms with E-state index in [2.05, 4.69) is 5.32 Å². The fourth-order valence-corrected chi connectivity index (χ4v) is 4.36. The van der Waals surface area contributed by atoms with Gasteiger partial charge < -0.3 is 9.88 Å². The van der Waals surface area contributed by atoms with E-state index in [0.717, 1.165) is 22.2 Å². The molecule has 0 atom stereocenters. The van der Waals surface area contributed by atoms with Gasteiger partial charge >= 0.3 is 0 Å². The summed E-state index contributed by atoms with van der Waals surface area (Å²) < 4.78 is 27.0. The van der Waals surface area contributed by atoms with Crippen LogP contribution in [0.1, 0.15) is 15.9 Å². The number of nitrogens with zero attached hydrogens (tertiary/aromatic N) is 2. The number of aryl methyl sites for hydroxylation is 1. The van der Waals surface area contributed by atoms with Crippen LogP contribution in [0, 0.1) is 0 Å². The van der Waals surface area contributed by atoms with E-state index in [1.54, 1.807) is 18.2 Å². The Bertz CT molecular complexity index is 1130. The van der Waals surface area contributed by atoms with Crippen LogP contribution >= 0.6 is 0 Å². The monoisotopic (exact) mass is 369 g/mol. The maximum atomic E-state index is 12.6. The highest BCUT2D eigenvalue weighted by atomic mass is 32.2. The van der Waals surface area contributed by atoms with Crippen LogP contribution in [0.5, 0.6) is 0 Å². The summed E-state index contributed by atoms with van der Waals surface area (Å²) in [7, 11) is -1.33. The van der Waals surface area contributed by atoms with Gasteiger partial charge in [0.1, 0.15) is 0 Å². The average molecular weight is 369 g/mol. The Hall–Kier alpha value is -2.80. The first-order chi connectivity index (χ1) is 12.3. The molecule has 4 rings (SSSR count). The first-order valence-electron chi connectivity index (χ1n) is 8.30. The lowest BCUT2D eigenvalue weighted by atomic mass is 10.1. The van der Waals surface area contributed by atoms with E-state index in [9.17, 15) is 13.2 Å². The van der Waals surface area contributed by atoms with Crippen molar-refractivity contribution in [2.45, 2.75) is 6.42 Å². The Morgan fingerprint density at radius 3 is 2.69 bits per heavy atom. The van der Waals surface area contributed by atoms with Gasteiger partial charge in [0.05, 0.1) is 11.9 Å². The van der Waals surface area contributed by atoms with E-state index in [1.807, 2.05) is 42.1 Å². The summed E-state index contributed by atoms with van der Waals surface area (Å²) in [6.45, 7) is 0.420. The number of sulfonamides is 1. The number of anilines is 2. The Balaban J connectivity index is 1.60. The van der Waals surface area contributed by atoms with E-state index in [1.165, 1.54) is 10.6 Å². The molecule has 2 aromatic carbocycles. The summed E-state index contributed by atoms with van der Waals surface area (Å²) in [6, 6.07) is 13.0. The van der Waals surface area contributed by atoms with E-state index in [-0.39, 0.29) is 5.91 Å². The van der Waals surface area contributed by atoms with Crippen molar-refractivity contribution in [2.24, 2.45) is 7.05 Å². The summed E-state index contributed by atoms with van der Waals surface area (Å²) >= 11 is 0. The number of rotatable bonds is 3. The normalized spacial score (nSPS) is 13.8. The molecule has 1 amide bonds. The average Bonchev–Trinajstić information content (AvgIpc) is 3.18. The molecule has 0 radical (unpaired) electrons. The minimum absolute atomic E-state index is 0.209. The minimum Gasteiger partial charge on any atom is -0.350 e. The van der Waals surface area contributed by atoms with Crippen molar-refractivity contribution >= 4 is 38.2 Å². The molecule has 3 aromatic rings. The summed E-state index contributed by atoms with van der Waals surface area (Å²) in [5, 5.41) is 4.03. The molecule has 26 heavy (non-hydrogen) atoms. The van der Waals surface area contributed by atoms with Crippen molar-refractivity contribution in [2.75, 3.05) is 22.4 Å². The van der Waals surface area contributed by atoms with Gasteiger partial charge in [-0.2, -0.15) is 0 Å². The zero-order valence-corrected chi connectivity index (χ0v) is 15.4. The standard InChI is InChI=1S/C19H19N3O3S/c1-21-9-7-13-3-5-16(12-18(13)21)20-19(23)15-4-6-17-14(11-15)8-10-22(17)26(2,24)25/h3-7,9,11-12H,8,10H2,1-2H3,(H,20,23). The van der Waals surface area contributed by atoms with Crippen LogP contribution in [0.15, 0.2) is 48.7 Å². The van der Waals surface area contributed by atoms with Gasteiger partial charge in [0, 0.05) is 36.6 Å². The number of carbonyl (C=O) groups excluding carboxylic acids is 1. The molecule has 0 saturated carbocycles. The number of aromatic nitrogens is 1. The lowest BCUT2D eigenvalue weighted by Crippen LogP contribution is -2.27. The van der Waals surface area contributed by atoms with Crippen LogP contribution in [0.2, 0.25) is 0 Å². The second-order valence-corrected chi connectivity index (χ2v) is 8.49. The third-order valence-corrected chi connectivity index (χ3v) is 5.92. The second kappa shape index (κ2) is 5.88. The van der Waals surface area contributed by atoms with E-state index in [0.29, 0.717) is 24.2 Å². The van der Waals surface area contributed by atoms with Gasteiger partial charge in [0.15, 0.2) is 0 Å². The van der Waals surface area contributed by atoms with Crippen LogP contribution in [-0.2, 0) is 23.5 Å². The highest BCUT2D eigenvalue weighted by Crippen LogP contribution is 2.31. The van der Waals surface area contributed by atoms with Crippen molar-refractivity contribution in [3.63, 3.8) is 0 Å². The molecular weight excluding hydrogens is 350 g/mol. The lowest BCUT2D eigenvalue weighted by Gasteiger charge is -2.16. The van der Waals surface area contributed by atoms with Crippen molar-refractivity contribution in [3.05, 3.63) is 59.8 Å². The quantitative estimate of drug-likeness (QED) is 0.772. The Morgan fingerprint density at radius 2 is 1.92 bits per heavy atom. The number of hydrogen-bond acceptors (Lipinski definition) is 3. The second-order valence-electron chi connectivity index (χ2n) is 6.58. The molecule has 0 saturated heterocycles. The Morgan fingerprint density at radius 1 is 1.12 bits per heavy atom. The maximum Gasteiger partial charge on any atom is 0.255 e. The van der Waals surface area contributed by atoms with Crippen molar-refractivity contribution in [1.82, 2.24) is 4.57 Å². The van der Waals surface area contributed by atoms with E-state index in [4.69, 9.17) is 0 Å².